The maximum atomic E-state index is 7.24. The number of aryl methyl sites for hydroxylation is 2. The Kier molecular flexibility index (Phi) is 2.40. The van der Waals surface area contributed by atoms with Crippen molar-refractivity contribution in [2.24, 2.45) is 5.73 Å². The predicted molar refractivity (Wildman–Crippen MR) is 59.6 cm³/mol. The lowest BCUT2D eigenvalue weighted by Gasteiger charge is -2.03. The number of amidine groups is 1. The van der Waals surface area contributed by atoms with Crippen LogP contribution in [-0.4, -0.2) is 25.6 Å². The Hall–Kier alpha value is -2.24. The molecular formula is C10H12N6. The Morgan fingerprint density at radius 2 is 2.12 bits per heavy atom. The number of hydrogen-bond acceptors (Lipinski definition) is 4. The van der Waals surface area contributed by atoms with E-state index in [-0.39, 0.29) is 5.84 Å². The first-order chi connectivity index (χ1) is 7.58. The molecule has 0 saturated carbocycles. The standard InChI is InChI=1S/C10H12N6/c1-6-14-7(2)16(15-6)8-3-4-9(10(11)12)13-5-8/h3-5H,1-2H3,(H3,11,12). The van der Waals surface area contributed by atoms with Gasteiger partial charge in [-0.1, -0.05) is 0 Å². The Morgan fingerprint density at radius 1 is 1.38 bits per heavy atom. The van der Waals surface area contributed by atoms with E-state index in [4.69, 9.17) is 11.1 Å². The number of nitrogens with zero attached hydrogens (tertiary/aromatic N) is 4. The molecule has 0 saturated heterocycles. The summed E-state index contributed by atoms with van der Waals surface area (Å²) >= 11 is 0. The second-order valence-electron chi connectivity index (χ2n) is 3.43. The van der Waals surface area contributed by atoms with E-state index in [1.807, 2.05) is 19.9 Å². The van der Waals surface area contributed by atoms with Gasteiger partial charge in [0.15, 0.2) is 0 Å². The molecule has 2 heterocycles. The Bertz CT molecular complexity index is 525. The van der Waals surface area contributed by atoms with Gasteiger partial charge in [0.25, 0.3) is 0 Å². The minimum atomic E-state index is -0.0435. The number of rotatable bonds is 2. The van der Waals surface area contributed by atoms with Gasteiger partial charge in [0.05, 0.1) is 11.9 Å². The van der Waals surface area contributed by atoms with E-state index >= 15 is 0 Å². The third-order valence-electron chi connectivity index (χ3n) is 2.14. The van der Waals surface area contributed by atoms with E-state index in [1.54, 1.807) is 16.9 Å². The second kappa shape index (κ2) is 3.73. The number of nitrogens with one attached hydrogen (secondary N) is 1. The van der Waals surface area contributed by atoms with Crippen molar-refractivity contribution in [3.8, 4) is 5.69 Å². The highest BCUT2D eigenvalue weighted by molar-refractivity contribution is 5.92. The van der Waals surface area contributed by atoms with Crippen molar-refractivity contribution >= 4 is 5.84 Å². The SMILES string of the molecule is Cc1nc(C)n(-c2ccc(C(=N)N)nc2)n1. The molecule has 0 unspecified atom stereocenters. The molecule has 2 rings (SSSR count). The van der Waals surface area contributed by atoms with Crippen molar-refractivity contribution in [2.45, 2.75) is 13.8 Å². The molecule has 0 aliphatic rings. The van der Waals surface area contributed by atoms with E-state index in [2.05, 4.69) is 15.1 Å². The fourth-order valence-electron chi connectivity index (χ4n) is 1.44. The number of hydrogen-bond donors (Lipinski definition) is 2. The van der Waals surface area contributed by atoms with Crippen LogP contribution in [-0.2, 0) is 0 Å². The van der Waals surface area contributed by atoms with Crippen LogP contribution in [0.25, 0.3) is 5.69 Å². The molecule has 0 aliphatic carbocycles. The van der Waals surface area contributed by atoms with Gasteiger partial charge in [-0.3, -0.25) is 10.4 Å². The molecule has 2 aromatic rings. The van der Waals surface area contributed by atoms with Crippen LogP contribution >= 0.6 is 0 Å². The molecule has 0 bridgehead atoms. The van der Waals surface area contributed by atoms with Gasteiger partial charge in [-0.15, -0.1) is 0 Å². The third kappa shape index (κ3) is 1.77. The average Bonchev–Trinajstić information content (AvgIpc) is 2.58. The number of aromatic nitrogens is 4. The molecule has 6 heteroatoms. The molecule has 0 atom stereocenters. The molecule has 82 valence electrons. The van der Waals surface area contributed by atoms with Crippen molar-refractivity contribution in [2.75, 3.05) is 0 Å². The zero-order valence-electron chi connectivity index (χ0n) is 9.10. The van der Waals surface area contributed by atoms with Crippen LogP contribution in [0.5, 0.6) is 0 Å². The van der Waals surface area contributed by atoms with Crippen molar-refractivity contribution < 1.29 is 0 Å². The van der Waals surface area contributed by atoms with Crippen molar-refractivity contribution in [1.29, 1.82) is 5.41 Å². The van der Waals surface area contributed by atoms with Crippen LogP contribution in [0.4, 0.5) is 0 Å². The molecule has 0 amide bonds. The summed E-state index contributed by atoms with van der Waals surface area (Å²) in [5.41, 5.74) is 6.59. The largest absolute Gasteiger partial charge is 0.382 e. The average molecular weight is 216 g/mol. The van der Waals surface area contributed by atoms with E-state index in [0.29, 0.717) is 11.5 Å². The highest BCUT2D eigenvalue weighted by Gasteiger charge is 2.05. The van der Waals surface area contributed by atoms with Gasteiger partial charge in [-0.05, 0) is 26.0 Å². The summed E-state index contributed by atoms with van der Waals surface area (Å²) in [5.74, 6) is 1.47. The number of nitrogens with two attached hydrogens (primary N) is 1. The molecule has 6 nitrogen and oxygen atoms in total. The highest BCUT2D eigenvalue weighted by atomic mass is 15.3. The number of pyridine rings is 1. The van der Waals surface area contributed by atoms with Crippen LogP contribution in [0.2, 0.25) is 0 Å². The van der Waals surface area contributed by atoms with Crippen LogP contribution in [0.15, 0.2) is 18.3 Å². The summed E-state index contributed by atoms with van der Waals surface area (Å²) in [4.78, 5) is 8.27. The van der Waals surface area contributed by atoms with Gasteiger partial charge in [0.2, 0.25) is 0 Å². The molecule has 0 radical (unpaired) electrons. The van der Waals surface area contributed by atoms with Crippen LogP contribution in [0, 0.1) is 19.3 Å². The van der Waals surface area contributed by atoms with Gasteiger partial charge in [0, 0.05) is 0 Å². The van der Waals surface area contributed by atoms with Gasteiger partial charge >= 0.3 is 0 Å². The minimum absolute atomic E-state index is 0.0435. The maximum absolute atomic E-state index is 7.24. The quantitative estimate of drug-likeness (QED) is 0.566. The molecule has 3 N–H and O–H groups in total. The fraction of sp³-hybridized carbons (Fsp3) is 0.200. The van der Waals surface area contributed by atoms with Gasteiger partial charge in [-0.2, -0.15) is 5.10 Å². The normalized spacial score (nSPS) is 10.4. The second-order valence-corrected chi connectivity index (χ2v) is 3.43. The van der Waals surface area contributed by atoms with E-state index < -0.39 is 0 Å². The first-order valence-corrected chi connectivity index (χ1v) is 4.79. The molecular weight excluding hydrogens is 204 g/mol. The van der Waals surface area contributed by atoms with Gasteiger partial charge in [0.1, 0.15) is 23.2 Å². The zero-order valence-corrected chi connectivity index (χ0v) is 9.10. The molecule has 0 aliphatic heterocycles. The Balaban J connectivity index is 2.42. The van der Waals surface area contributed by atoms with Crippen LogP contribution in [0.1, 0.15) is 17.3 Å². The lowest BCUT2D eigenvalue weighted by molar-refractivity contribution is 0.825. The van der Waals surface area contributed by atoms with E-state index in [9.17, 15) is 0 Å². The summed E-state index contributed by atoms with van der Waals surface area (Å²) in [7, 11) is 0. The summed E-state index contributed by atoms with van der Waals surface area (Å²) in [6.45, 7) is 3.71. The lowest BCUT2D eigenvalue weighted by Crippen LogP contribution is -2.13. The first-order valence-electron chi connectivity index (χ1n) is 4.79. The van der Waals surface area contributed by atoms with E-state index in [1.165, 1.54) is 0 Å². The van der Waals surface area contributed by atoms with Crippen molar-refractivity contribution in [3.63, 3.8) is 0 Å². The van der Waals surface area contributed by atoms with Gasteiger partial charge < -0.3 is 5.73 Å². The summed E-state index contributed by atoms with van der Waals surface area (Å²) in [6.07, 6.45) is 1.62. The predicted octanol–water partition coefficient (Wildman–Crippen LogP) is 0.563. The fourth-order valence-corrected chi connectivity index (χ4v) is 1.44. The van der Waals surface area contributed by atoms with Crippen LogP contribution < -0.4 is 5.73 Å². The van der Waals surface area contributed by atoms with Crippen molar-refractivity contribution in [3.05, 3.63) is 35.7 Å². The Labute approximate surface area is 92.7 Å². The van der Waals surface area contributed by atoms with Gasteiger partial charge in [-0.25, -0.2) is 9.67 Å². The monoisotopic (exact) mass is 216 g/mol. The lowest BCUT2D eigenvalue weighted by atomic mass is 10.3. The first kappa shape index (κ1) is 10.3. The molecule has 0 aromatic carbocycles. The van der Waals surface area contributed by atoms with E-state index in [0.717, 1.165) is 11.5 Å². The number of nitrogen functional groups attached to an aromatic ring is 1. The smallest absolute Gasteiger partial charge is 0.148 e. The van der Waals surface area contributed by atoms with Crippen molar-refractivity contribution in [1.82, 2.24) is 19.7 Å². The third-order valence-corrected chi connectivity index (χ3v) is 2.14. The molecule has 16 heavy (non-hydrogen) atoms. The minimum Gasteiger partial charge on any atom is -0.382 e. The Morgan fingerprint density at radius 3 is 2.56 bits per heavy atom. The summed E-state index contributed by atoms with van der Waals surface area (Å²) in [5, 5.41) is 11.5. The van der Waals surface area contributed by atoms with Crippen LogP contribution in [0.3, 0.4) is 0 Å². The summed E-state index contributed by atoms with van der Waals surface area (Å²) in [6, 6.07) is 3.50. The molecule has 2 aromatic heterocycles. The zero-order chi connectivity index (χ0) is 11.7. The summed E-state index contributed by atoms with van der Waals surface area (Å²) < 4.78 is 1.70. The molecule has 0 fully saturated rings. The molecule has 0 spiro atoms. The highest BCUT2D eigenvalue weighted by Crippen LogP contribution is 2.08. The topological polar surface area (TPSA) is 93.5 Å². The maximum Gasteiger partial charge on any atom is 0.148 e.